The molecule has 0 heterocycles. The molecule has 174 valence electrons. The summed E-state index contributed by atoms with van der Waals surface area (Å²) in [5.74, 6) is -0.144. The summed E-state index contributed by atoms with van der Waals surface area (Å²) < 4.78 is 5.12. The molecule has 0 aromatic heterocycles. The highest BCUT2D eigenvalue weighted by Crippen LogP contribution is 2.38. The van der Waals surface area contributed by atoms with Crippen molar-refractivity contribution in [3.63, 3.8) is 0 Å². The van der Waals surface area contributed by atoms with Crippen molar-refractivity contribution in [3.8, 4) is 0 Å². The van der Waals surface area contributed by atoms with Crippen LogP contribution in [0.4, 0.5) is 0 Å². The smallest absolute Gasteiger partial charge is 0.306 e. The third kappa shape index (κ3) is 9.55. The van der Waals surface area contributed by atoms with E-state index in [9.17, 15) is 20.1 Å². The zero-order chi connectivity index (χ0) is 22.6. The number of aliphatic hydroxyl groups is 3. The van der Waals surface area contributed by atoms with Gasteiger partial charge in [0.1, 0.15) is 0 Å². The number of allylic oxidation sites excluding steroid dienone is 2. The second kappa shape index (κ2) is 13.7. The Labute approximate surface area is 187 Å². The first-order valence-electron chi connectivity index (χ1n) is 11.8. The Hall–Kier alpha value is -1.69. The molecule has 0 amide bonds. The molecule has 0 aliphatic heterocycles. The Morgan fingerprint density at radius 3 is 2.52 bits per heavy atom. The molecule has 1 aromatic carbocycles. The lowest BCUT2D eigenvalue weighted by atomic mass is 9.85. The molecule has 2 rings (SSSR count). The Balaban J connectivity index is 1.70. The maximum Gasteiger partial charge on any atom is 0.306 e. The fourth-order valence-corrected chi connectivity index (χ4v) is 4.47. The van der Waals surface area contributed by atoms with E-state index < -0.39 is 18.3 Å². The van der Waals surface area contributed by atoms with Crippen LogP contribution in [0.2, 0.25) is 0 Å². The number of carbonyl (C=O) groups excluding carboxylic acids is 1. The molecule has 1 aromatic rings. The zero-order valence-corrected chi connectivity index (χ0v) is 19.0. The Bertz CT molecular complexity index is 657. The van der Waals surface area contributed by atoms with Gasteiger partial charge in [0.15, 0.2) is 0 Å². The van der Waals surface area contributed by atoms with E-state index in [0.29, 0.717) is 38.5 Å². The minimum absolute atomic E-state index is 0.00652. The van der Waals surface area contributed by atoms with Gasteiger partial charge in [-0.05, 0) is 82.6 Å². The van der Waals surface area contributed by atoms with Gasteiger partial charge in [-0.1, -0.05) is 42.5 Å². The van der Waals surface area contributed by atoms with Crippen LogP contribution in [0.15, 0.2) is 42.5 Å². The van der Waals surface area contributed by atoms with Gasteiger partial charge < -0.3 is 20.1 Å². The van der Waals surface area contributed by atoms with Crippen molar-refractivity contribution in [2.75, 3.05) is 0 Å². The van der Waals surface area contributed by atoms with Crippen molar-refractivity contribution < 1.29 is 24.9 Å². The van der Waals surface area contributed by atoms with Crippen molar-refractivity contribution >= 4 is 5.97 Å². The standard InChI is InChI=1S/C26H40O5/c1-19(2)31-26(30)13-9-4-3-8-12-22-23(25(29)18-24(22)28)17-16-21(27)15-14-20-10-6-5-7-11-20/h3,5-8,10-11,19,21-25,27-29H,4,9,12-18H2,1-2H3/b8-3-/t21-,22+,23+,24+,25+/m0/s1. The lowest BCUT2D eigenvalue weighted by Crippen LogP contribution is -2.23. The molecule has 5 atom stereocenters. The monoisotopic (exact) mass is 432 g/mol. The highest BCUT2D eigenvalue weighted by atomic mass is 16.5. The average molecular weight is 433 g/mol. The van der Waals surface area contributed by atoms with Gasteiger partial charge in [-0.15, -0.1) is 0 Å². The number of rotatable bonds is 13. The van der Waals surface area contributed by atoms with E-state index in [4.69, 9.17) is 4.74 Å². The van der Waals surface area contributed by atoms with E-state index in [1.165, 1.54) is 5.56 Å². The number of unbranched alkanes of at least 4 members (excludes halogenated alkanes) is 1. The lowest BCUT2D eigenvalue weighted by Gasteiger charge is -2.23. The van der Waals surface area contributed by atoms with Crippen LogP contribution in [0.25, 0.3) is 0 Å². The topological polar surface area (TPSA) is 87.0 Å². The second-order valence-corrected chi connectivity index (χ2v) is 9.09. The van der Waals surface area contributed by atoms with Crippen LogP contribution in [0.5, 0.6) is 0 Å². The van der Waals surface area contributed by atoms with Crippen molar-refractivity contribution in [2.45, 2.75) is 96.1 Å². The summed E-state index contributed by atoms with van der Waals surface area (Å²) in [6.07, 6.45) is 8.58. The summed E-state index contributed by atoms with van der Waals surface area (Å²) in [7, 11) is 0. The van der Waals surface area contributed by atoms with Crippen LogP contribution in [0.1, 0.15) is 70.8 Å². The van der Waals surface area contributed by atoms with Gasteiger partial charge >= 0.3 is 5.97 Å². The number of carbonyl (C=O) groups is 1. The number of benzene rings is 1. The van der Waals surface area contributed by atoms with Gasteiger partial charge in [0, 0.05) is 6.42 Å². The molecular weight excluding hydrogens is 392 g/mol. The number of hydrogen-bond donors (Lipinski definition) is 3. The van der Waals surface area contributed by atoms with Gasteiger partial charge in [-0.2, -0.15) is 0 Å². The van der Waals surface area contributed by atoms with Gasteiger partial charge in [0.2, 0.25) is 0 Å². The first kappa shape index (κ1) is 25.6. The Morgan fingerprint density at radius 1 is 1.10 bits per heavy atom. The lowest BCUT2D eigenvalue weighted by molar-refractivity contribution is -0.147. The molecule has 31 heavy (non-hydrogen) atoms. The largest absolute Gasteiger partial charge is 0.463 e. The summed E-state index contributed by atoms with van der Waals surface area (Å²) >= 11 is 0. The second-order valence-electron chi connectivity index (χ2n) is 9.09. The number of aryl methyl sites for hydroxylation is 1. The highest BCUT2D eigenvalue weighted by Gasteiger charge is 2.40. The summed E-state index contributed by atoms with van der Waals surface area (Å²) in [5, 5.41) is 31.2. The van der Waals surface area contributed by atoms with Crippen LogP contribution in [0, 0.1) is 11.8 Å². The molecule has 1 fully saturated rings. The summed E-state index contributed by atoms with van der Waals surface area (Å²) in [4.78, 5) is 11.5. The molecule has 0 saturated heterocycles. The molecule has 5 nitrogen and oxygen atoms in total. The third-order valence-electron chi connectivity index (χ3n) is 6.16. The molecule has 0 bridgehead atoms. The van der Waals surface area contributed by atoms with Crippen LogP contribution in [-0.4, -0.2) is 45.7 Å². The summed E-state index contributed by atoms with van der Waals surface area (Å²) in [6, 6.07) is 10.1. The van der Waals surface area contributed by atoms with Crippen molar-refractivity contribution in [2.24, 2.45) is 11.8 Å². The number of hydrogen-bond acceptors (Lipinski definition) is 5. The first-order chi connectivity index (χ1) is 14.9. The molecule has 3 N–H and O–H groups in total. The van der Waals surface area contributed by atoms with E-state index in [1.807, 2.05) is 38.1 Å². The van der Waals surface area contributed by atoms with E-state index >= 15 is 0 Å². The predicted octanol–water partition coefficient (Wildman–Crippen LogP) is 4.19. The van der Waals surface area contributed by atoms with Crippen molar-refractivity contribution in [1.82, 2.24) is 0 Å². The number of ether oxygens (including phenoxy) is 1. The number of aliphatic hydroxyl groups excluding tert-OH is 3. The van der Waals surface area contributed by atoms with E-state index in [1.54, 1.807) is 0 Å². The molecule has 5 heteroatoms. The maximum absolute atomic E-state index is 11.5. The minimum Gasteiger partial charge on any atom is -0.463 e. The molecule has 0 radical (unpaired) electrons. The van der Waals surface area contributed by atoms with Gasteiger partial charge in [-0.25, -0.2) is 0 Å². The van der Waals surface area contributed by atoms with Crippen LogP contribution < -0.4 is 0 Å². The zero-order valence-electron chi connectivity index (χ0n) is 19.0. The summed E-state index contributed by atoms with van der Waals surface area (Å²) in [6.45, 7) is 3.69. The quantitative estimate of drug-likeness (QED) is 0.247. The molecule has 1 saturated carbocycles. The highest BCUT2D eigenvalue weighted by molar-refractivity contribution is 5.69. The fourth-order valence-electron chi connectivity index (χ4n) is 4.47. The van der Waals surface area contributed by atoms with E-state index in [0.717, 1.165) is 19.3 Å². The Kier molecular flexibility index (Phi) is 11.3. The fraction of sp³-hybridized carbons (Fsp3) is 0.654. The molecule has 1 aliphatic carbocycles. The van der Waals surface area contributed by atoms with Gasteiger partial charge in [0.25, 0.3) is 0 Å². The normalized spacial score (nSPS) is 24.7. The van der Waals surface area contributed by atoms with Crippen molar-refractivity contribution in [3.05, 3.63) is 48.0 Å². The third-order valence-corrected chi connectivity index (χ3v) is 6.16. The molecular formula is C26H40O5. The molecule has 0 spiro atoms. The maximum atomic E-state index is 11.5. The van der Waals surface area contributed by atoms with Crippen LogP contribution >= 0.6 is 0 Å². The number of esters is 1. The average Bonchev–Trinajstić information content (AvgIpc) is 3.00. The van der Waals surface area contributed by atoms with Gasteiger partial charge in [-0.3, -0.25) is 4.79 Å². The minimum atomic E-state index is -0.513. The van der Waals surface area contributed by atoms with Crippen LogP contribution in [-0.2, 0) is 16.0 Å². The molecule has 1 aliphatic rings. The SMILES string of the molecule is CC(C)OC(=O)CCC/C=C\C[C@@H]1[C@@H](CC[C@@H](O)CCc2ccccc2)[C@H](O)C[C@H]1O. The molecule has 0 unspecified atom stereocenters. The van der Waals surface area contributed by atoms with E-state index in [2.05, 4.69) is 18.2 Å². The predicted molar refractivity (Wildman–Crippen MR) is 122 cm³/mol. The van der Waals surface area contributed by atoms with Crippen molar-refractivity contribution in [1.29, 1.82) is 0 Å². The summed E-state index contributed by atoms with van der Waals surface area (Å²) in [5.41, 5.74) is 1.22. The van der Waals surface area contributed by atoms with Gasteiger partial charge in [0.05, 0.1) is 24.4 Å². The first-order valence-corrected chi connectivity index (χ1v) is 11.8. The van der Waals surface area contributed by atoms with Crippen LogP contribution in [0.3, 0.4) is 0 Å². The Morgan fingerprint density at radius 2 is 1.81 bits per heavy atom. The van der Waals surface area contributed by atoms with E-state index in [-0.39, 0.29) is 23.9 Å².